The van der Waals surface area contributed by atoms with E-state index in [1.165, 1.54) is 12.5 Å². The Kier molecular flexibility index (Phi) is 4.56. The average Bonchev–Trinajstić information content (AvgIpc) is 2.40. The summed E-state index contributed by atoms with van der Waals surface area (Å²) >= 11 is 0. The summed E-state index contributed by atoms with van der Waals surface area (Å²) in [6, 6.07) is 6.71. The lowest BCUT2D eigenvalue weighted by atomic mass is 9.95. The molecular weight excluding hydrogens is 241 g/mol. The van der Waals surface area contributed by atoms with Crippen molar-refractivity contribution in [1.82, 2.24) is 4.90 Å². The van der Waals surface area contributed by atoms with Gasteiger partial charge in [0.15, 0.2) is 0 Å². The second-order valence-electron chi connectivity index (χ2n) is 5.73. The van der Waals surface area contributed by atoms with Crippen molar-refractivity contribution in [3.8, 4) is 0 Å². The predicted molar refractivity (Wildman–Crippen MR) is 74.2 cm³/mol. The number of piperidine rings is 1. The van der Waals surface area contributed by atoms with Crippen molar-refractivity contribution in [2.24, 2.45) is 11.8 Å². The molecule has 2 rings (SSSR count). The molecule has 1 amide bonds. The van der Waals surface area contributed by atoms with Crippen LogP contribution in [0.25, 0.3) is 0 Å². The number of rotatable bonds is 3. The van der Waals surface area contributed by atoms with Gasteiger partial charge in [0, 0.05) is 19.0 Å². The molecule has 19 heavy (non-hydrogen) atoms. The fourth-order valence-electron chi connectivity index (χ4n) is 2.78. The molecular formula is C16H22FNO. The molecule has 0 aliphatic carbocycles. The Labute approximate surface area is 114 Å². The van der Waals surface area contributed by atoms with Gasteiger partial charge >= 0.3 is 0 Å². The number of hydrogen-bond donors (Lipinski definition) is 0. The summed E-state index contributed by atoms with van der Waals surface area (Å²) in [7, 11) is 0. The second-order valence-corrected chi connectivity index (χ2v) is 5.73. The van der Waals surface area contributed by atoms with E-state index >= 15 is 0 Å². The van der Waals surface area contributed by atoms with Crippen molar-refractivity contribution in [2.75, 3.05) is 13.1 Å². The third-order valence-corrected chi connectivity index (χ3v) is 3.87. The van der Waals surface area contributed by atoms with Gasteiger partial charge in [0.05, 0.1) is 0 Å². The van der Waals surface area contributed by atoms with E-state index in [0.717, 1.165) is 19.5 Å². The van der Waals surface area contributed by atoms with Crippen molar-refractivity contribution in [3.05, 3.63) is 35.6 Å². The first kappa shape index (κ1) is 14.0. The highest BCUT2D eigenvalue weighted by atomic mass is 19.1. The minimum atomic E-state index is -0.214. The molecule has 2 unspecified atom stereocenters. The highest BCUT2D eigenvalue weighted by Gasteiger charge is 2.25. The molecule has 0 bridgehead atoms. The Hall–Kier alpha value is -1.38. The molecule has 2 nitrogen and oxygen atoms in total. The zero-order valence-electron chi connectivity index (χ0n) is 11.7. The molecule has 104 valence electrons. The quantitative estimate of drug-likeness (QED) is 0.819. The Morgan fingerprint density at radius 3 is 2.89 bits per heavy atom. The monoisotopic (exact) mass is 263 g/mol. The molecule has 1 aromatic rings. The molecule has 0 radical (unpaired) electrons. The number of halogens is 1. The summed E-state index contributed by atoms with van der Waals surface area (Å²) in [5.74, 6) is 0.379. The molecule has 1 fully saturated rings. The van der Waals surface area contributed by atoms with Gasteiger partial charge in [0.2, 0.25) is 5.91 Å². The van der Waals surface area contributed by atoms with Crippen molar-refractivity contribution in [2.45, 2.75) is 33.1 Å². The van der Waals surface area contributed by atoms with E-state index in [9.17, 15) is 9.18 Å². The van der Waals surface area contributed by atoms with Gasteiger partial charge in [-0.3, -0.25) is 4.79 Å². The predicted octanol–water partition coefficient (Wildman–Crippen LogP) is 3.26. The van der Waals surface area contributed by atoms with Crippen LogP contribution in [0, 0.1) is 17.7 Å². The highest BCUT2D eigenvalue weighted by Crippen LogP contribution is 2.20. The van der Waals surface area contributed by atoms with E-state index in [2.05, 4.69) is 6.92 Å². The highest BCUT2D eigenvalue weighted by molar-refractivity contribution is 5.78. The Morgan fingerprint density at radius 2 is 2.21 bits per heavy atom. The number of carbonyl (C=O) groups excluding carboxylic acids is 1. The molecule has 1 saturated heterocycles. The zero-order chi connectivity index (χ0) is 13.8. The number of likely N-dealkylation sites (tertiary alicyclic amines) is 1. The molecule has 0 saturated carbocycles. The fraction of sp³-hybridized carbons (Fsp3) is 0.562. The maximum Gasteiger partial charge on any atom is 0.225 e. The van der Waals surface area contributed by atoms with Gasteiger partial charge in [-0.2, -0.15) is 0 Å². The van der Waals surface area contributed by atoms with Crippen LogP contribution in [-0.2, 0) is 11.2 Å². The molecule has 2 atom stereocenters. The molecule has 1 aliphatic heterocycles. The van der Waals surface area contributed by atoms with Crippen LogP contribution >= 0.6 is 0 Å². The van der Waals surface area contributed by atoms with E-state index < -0.39 is 0 Å². The normalized spacial score (nSPS) is 21.2. The molecule has 1 aliphatic rings. The number of nitrogens with zero attached hydrogens (tertiary/aromatic N) is 1. The standard InChI is InChI=1S/C16H22FNO/c1-12-6-5-9-18(11-12)16(19)13(2)10-14-7-3-4-8-15(14)17/h3-4,7-8,12-13H,5-6,9-11H2,1-2H3. The van der Waals surface area contributed by atoms with Crippen LogP contribution < -0.4 is 0 Å². The van der Waals surface area contributed by atoms with Gasteiger partial charge in [0.1, 0.15) is 5.82 Å². The van der Waals surface area contributed by atoms with Crippen molar-refractivity contribution in [1.29, 1.82) is 0 Å². The number of amides is 1. The zero-order valence-corrected chi connectivity index (χ0v) is 11.7. The summed E-state index contributed by atoms with van der Waals surface area (Å²) < 4.78 is 13.6. The second kappa shape index (κ2) is 6.18. The Bertz CT molecular complexity index is 446. The molecule has 0 spiro atoms. The van der Waals surface area contributed by atoms with Crippen LogP contribution in [0.2, 0.25) is 0 Å². The van der Waals surface area contributed by atoms with Crippen LogP contribution in [0.15, 0.2) is 24.3 Å². The summed E-state index contributed by atoms with van der Waals surface area (Å²) in [5.41, 5.74) is 0.633. The lowest BCUT2D eigenvalue weighted by molar-refractivity contribution is -0.136. The van der Waals surface area contributed by atoms with E-state index in [0.29, 0.717) is 17.9 Å². The van der Waals surface area contributed by atoms with Crippen LogP contribution in [-0.4, -0.2) is 23.9 Å². The topological polar surface area (TPSA) is 20.3 Å². The Morgan fingerprint density at radius 1 is 1.47 bits per heavy atom. The third kappa shape index (κ3) is 3.55. The van der Waals surface area contributed by atoms with Crippen LogP contribution in [0.3, 0.4) is 0 Å². The largest absolute Gasteiger partial charge is 0.342 e. The van der Waals surface area contributed by atoms with E-state index in [1.54, 1.807) is 12.1 Å². The van der Waals surface area contributed by atoms with E-state index in [1.807, 2.05) is 17.9 Å². The van der Waals surface area contributed by atoms with Crippen molar-refractivity contribution < 1.29 is 9.18 Å². The lowest BCUT2D eigenvalue weighted by Crippen LogP contribution is -2.42. The summed E-state index contributed by atoms with van der Waals surface area (Å²) in [6.07, 6.45) is 2.77. The van der Waals surface area contributed by atoms with Gasteiger partial charge in [-0.15, -0.1) is 0 Å². The van der Waals surface area contributed by atoms with E-state index in [4.69, 9.17) is 0 Å². The third-order valence-electron chi connectivity index (χ3n) is 3.87. The summed E-state index contributed by atoms with van der Waals surface area (Å²) in [6.45, 7) is 5.78. The van der Waals surface area contributed by atoms with Gasteiger partial charge in [0.25, 0.3) is 0 Å². The van der Waals surface area contributed by atoms with Crippen LogP contribution in [0.1, 0.15) is 32.3 Å². The van der Waals surface area contributed by atoms with Crippen LogP contribution in [0.4, 0.5) is 4.39 Å². The first-order valence-corrected chi connectivity index (χ1v) is 7.10. The molecule has 1 heterocycles. The number of benzene rings is 1. The molecule has 0 N–H and O–H groups in total. The maximum absolute atomic E-state index is 13.6. The van der Waals surface area contributed by atoms with Gasteiger partial charge in [-0.05, 0) is 36.8 Å². The molecule has 1 aromatic carbocycles. The first-order chi connectivity index (χ1) is 9.08. The lowest BCUT2D eigenvalue weighted by Gasteiger charge is -2.32. The van der Waals surface area contributed by atoms with Gasteiger partial charge < -0.3 is 4.90 Å². The molecule has 0 aromatic heterocycles. The summed E-state index contributed by atoms with van der Waals surface area (Å²) in [5, 5.41) is 0. The first-order valence-electron chi connectivity index (χ1n) is 7.10. The van der Waals surface area contributed by atoms with Gasteiger partial charge in [-0.25, -0.2) is 4.39 Å². The minimum absolute atomic E-state index is 0.151. The smallest absolute Gasteiger partial charge is 0.225 e. The van der Waals surface area contributed by atoms with E-state index in [-0.39, 0.29) is 17.6 Å². The average molecular weight is 263 g/mol. The Balaban J connectivity index is 1.97. The maximum atomic E-state index is 13.6. The molecule has 3 heteroatoms. The van der Waals surface area contributed by atoms with Crippen LogP contribution in [0.5, 0.6) is 0 Å². The van der Waals surface area contributed by atoms with Gasteiger partial charge in [-0.1, -0.05) is 32.0 Å². The fourth-order valence-corrected chi connectivity index (χ4v) is 2.78. The summed E-state index contributed by atoms with van der Waals surface area (Å²) in [4.78, 5) is 14.3. The number of carbonyl (C=O) groups is 1. The SMILES string of the molecule is CC1CCCN(C(=O)C(C)Cc2ccccc2F)C1. The van der Waals surface area contributed by atoms with Crippen molar-refractivity contribution in [3.63, 3.8) is 0 Å². The number of hydrogen-bond acceptors (Lipinski definition) is 1. The van der Waals surface area contributed by atoms with Crippen molar-refractivity contribution >= 4 is 5.91 Å². The minimum Gasteiger partial charge on any atom is -0.342 e.